The molecule has 0 N–H and O–H groups in total. The number of hydrogen-bond donors (Lipinski definition) is 0. The molecule has 0 unspecified atom stereocenters. The lowest BCUT2D eigenvalue weighted by molar-refractivity contribution is -0.110. The second-order valence-corrected chi connectivity index (χ2v) is 3.63. The Hall–Kier alpha value is -2.29. The van der Waals surface area contributed by atoms with E-state index in [0.717, 1.165) is 16.5 Å². The van der Waals surface area contributed by atoms with E-state index in [1.165, 1.54) is 6.08 Å². The Balaban J connectivity index is 2.46. The Morgan fingerprint density at radius 2 is 1.88 bits per heavy atom. The van der Waals surface area contributed by atoms with Crippen molar-refractivity contribution in [2.24, 2.45) is 0 Å². The van der Waals surface area contributed by atoms with Gasteiger partial charge in [-0.25, -0.2) is 0 Å². The highest BCUT2D eigenvalue weighted by molar-refractivity contribution is 6.51. The summed E-state index contributed by atoms with van der Waals surface area (Å²) < 4.78 is 0. The molecule has 0 spiro atoms. The van der Waals surface area contributed by atoms with E-state index in [1.54, 1.807) is 18.3 Å². The summed E-state index contributed by atoms with van der Waals surface area (Å²) in [5, 5.41) is 0.739. The number of Topliss-reactive ketones (excluding diaryl/α,β-unsaturated/α-hetero) is 1. The minimum Gasteiger partial charge on any atom is -0.286 e. The van der Waals surface area contributed by atoms with Crippen molar-refractivity contribution in [2.75, 3.05) is 0 Å². The van der Waals surface area contributed by atoms with Crippen molar-refractivity contribution in [1.82, 2.24) is 4.98 Å². The number of aromatic nitrogens is 1. The highest BCUT2D eigenvalue weighted by Gasteiger charge is 2.22. The van der Waals surface area contributed by atoms with E-state index >= 15 is 0 Å². The maximum Gasteiger partial charge on any atom is 0.234 e. The van der Waals surface area contributed by atoms with Crippen LogP contribution in [-0.2, 0) is 4.79 Å². The van der Waals surface area contributed by atoms with Gasteiger partial charge in [0, 0.05) is 17.1 Å². The minimum atomic E-state index is -0.469. The third-order valence-electron chi connectivity index (χ3n) is 2.68. The number of pyridine rings is 1. The first-order chi connectivity index (χ1) is 7.77. The molecule has 0 fully saturated rings. The van der Waals surface area contributed by atoms with E-state index in [2.05, 4.69) is 4.98 Å². The van der Waals surface area contributed by atoms with Crippen LogP contribution in [0.3, 0.4) is 0 Å². The van der Waals surface area contributed by atoms with E-state index in [-0.39, 0.29) is 0 Å². The SMILES string of the molecule is O=C1C=Cc2ccc3ncccc3c2C1=O. The summed E-state index contributed by atoms with van der Waals surface area (Å²) in [7, 11) is 0. The van der Waals surface area contributed by atoms with Crippen molar-refractivity contribution < 1.29 is 9.59 Å². The smallest absolute Gasteiger partial charge is 0.234 e. The molecule has 16 heavy (non-hydrogen) atoms. The highest BCUT2D eigenvalue weighted by atomic mass is 16.2. The van der Waals surface area contributed by atoms with Crippen molar-refractivity contribution in [3.8, 4) is 0 Å². The van der Waals surface area contributed by atoms with Crippen LogP contribution in [0.1, 0.15) is 15.9 Å². The van der Waals surface area contributed by atoms with Crippen molar-refractivity contribution in [3.63, 3.8) is 0 Å². The normalized spacial score (nSPS) is 14.2. The molecule has 76 valence electrons. The Morgan fingerprint density at radius 3 is 2.75 bits per heavy atom. The van der Waals surface area contributed by atoms with Gasteiger partial charge in [-0.15, -0.1) is 0 Å². The zero-order valence-corrected chi connectivity index (χ0v) is 8.31. The van der Waals surface area contributed by atoms with E-state index in [1.807, 2.05) is 18.2 Å². The summed E-state index contributed by atoms with van der Waals surface area (Å²) in [6.45, 7) is 0. The fraction of sp³-hybridized carbons (Fsp3) is 0. The molecule has 1 heterocycles. The van der Waals surface area contributed by atoms with Gasteiger partial charge in [0.05, 0.1) is 5.52 Å². The molecule has 1 aliphatic rings. The summed E-state index contributed by atoms with van der Waals surface area (Å²) in [4.78, 5) is 27.3. The molecule has 2 aromatic rings. The fourth-order valence-corrected chi connectivity index (χ4v) is 1.93. The molecule has 3 heteroatoms. The van der Waals surface area contributed by atoms with Crippen LogP contribution in [0.25, 0.3) is 17.0 Å². The first-order valence-corrected chi connectivity index (χ1v) is 4.92. The Morgan fingerprint density at radius 1 is 1.00 bits per heavy atom. The van der Waals surface area contributed by atoms with Gasteiger partial charge in [0.1, 0.15) is 0 Å². The fourth-order valence-electron chi connectivity index (χ4n) is 1.93. The highest BCUT2D eigenvalue weighted by Crippen LogP contribution is 2.25. The Bertz CT molecular complexity index is 656. The molecule has 1 aromatic carbocycles. The molecule has 3 nitrogen and oxygen atoms in total. The van der Waals surface area contributed by atoms with E-state index < -0.39 is 11.6 Å². The number of ketones is 2. The molecule has 0 atom stereocenters. The van der Waals surface area contributed by atoms with Gasteiger partial charge in [-0.3, -0.25) is 14.6 Å². The van der Waals surface area contributed by atoms with Gasteiger partial charge < -0.3 is 0 Å². The van der Waals surface area contributed by atoms with Crippen molar-refractivity contribution in [2.45, 2.75) is 0 Å². The van der Waals surface area contributed by atoms with Gasteiger partial charge in [0.2, 0.25) is 11.6 Å². The molecule has 0 saturated heterocycles. The lowest BCUT2D eigenvalue weighted by Crippen LogP contribution is -2.16. The zero-order chi connectivity index (χ0) is 11.1. The van der Waals surface area contributed by atoms with Crippen molar-refractivity contribution >= 4 is 28.5 Å². The standard InChI is InChI=1S/C13H7NO2/c15-11-6-4-8-3-5-10-9(2-1-7-14-10)12(8)13(11)16/h1-7H. The lowest BCUT2D eigenvalue weighted by Gasteiger charge is -2.10. The second kappa shape index (κ2) is 3.10. The van der Waals surface area contributed by atoms with Crippen LogP contribution >= 0.6 is 0 Å². The average Bonchev–Trinajstić information content (AvgIpc) is 2.33. The zero-order valence-electron chi connectivity index (χ0n) is 8.31. The number of fused-ring (bicyclic) bond motifs is 3. The predicted molar refractivity (Wildman–Crippen MR) is 60.1 cm³/mol. The topological polar surface area (TPSA) is 47.0 Å². The van der Waals surface area contributed by atoms with Gasteiger partial charge in [-0.05, 0) is 23.8 Å². The van der Waals surface area contributed by atoms with Crippen LogP contribution in [0.15, 0.2) is 36.5 Å². The second-order valence-electron chi connectivity index (χ2n) is 3.63. The molecular formula is C13H7NO2. The van der Waals surface area contributed by atoms with Gasteiger partial charge in [0.25, 0.3) is 0 Å². The number of hydrogen-bond acceptors (Lipinski definition) is 3. The number of allylic oxidation sites excluding steroid dienone is 1. The number of nitrogens with zero attached hydrogens (tertiary/aromatic N) is 1. The van der Waals surface area contributed by atoms with Crippen LogP contribution in [0.2, 0.25) is 0 Å². The van der Waals surface area contributed by atoms with Crippen LogP contribution in [-0.4, -0.2) is 16.6 Å². The summed E-state index contributed by atoms with van der Waals surface area (Å²) in [6.07, 6.45) is 4.65. The molecule has 1 aliphatic carbocycles. The van der Waals surface area contributed by atoms with Gasteiger partial charge in [0.15, 0.2) is 0 Å². The van der Waals surface area contributed by atoms with Crippen molar-refractivity contribution in [3.05, 3.63) is 47.7 Å². The summed E-state index contributed by atoms with van der Waals surface area (Å²) >= 11 is 0. The first-order valence-electron chi connectivity index (χ1n) is 4.92. The summed E-state index contributed by atoms with van der Waals surface area (Å²) in [5.74, 6) is -0.917. The molecule has 0 bridgehead atoms. The van der Waals surface area contributed by atoms with Crippen LogP contribution in [0.5, 0.6) is 0 Å². The monoisotopic (exact) mass is 209 g/mol. The predicted octanol–water partition coefficient (Wildman–Crippen LogP) is 2.01. The maximum atomic E-state index is 11.8. The molecule has 3 rings (SSSR count). The molecule has 0 saturated carbocycles. The number of benzene rings is 1. The van der Waals surface area contributed by atoms with Gasteiger partial charge in [-0.1, -0.05) is 18.2 Å². The third-order valence-corrected chi connectivity index (χ3v) is 2.68. The van der Waals surface area contributed by atoms with Crippen molar-refractivity contribution in [1.29, 1.82) is 0 Å². The minimum absolute atomic E-state index is 0.448. The lowest BCUT2D eigenvalue weighted by atomic mass is 9.92. The summed E-state index contributed by atoms with van der Waals surface area (Å²) in [6, 6.07) is 7.23. The van der Waals surface area contributed by atoms with Crippen LogP contribution < -0.4 is 0 Å². The van der Waals surface area contributed by atoms with Crippen LogP contribution in [0, 0.1) is 0 Å². The third kappa shape index (κ3) is 1.11. The van der Waals surface area contributed by atoms with Crippen LogP contribution in [0.4, 0.5) is 0 Å². The van der Waals surface area contributed by atoms with Gasteiger partial charge in [-0.2, -0.15) is 0 Å². The first kappa shape index (κ1) is 8.97. The molecule has 1 aromatic heterocycles. The Kier molecular flexibility index (Phi) is 1.74. The van der Waals surface area contributed by atoms with E-state index in [0.29, 0.717) is 5.56 Å². The number of carbonyl (C=O) groups is 2. The molecular weight excluding hydrogens is 202 g/mol. The maximum absolute atomic E-state index is 11.8. The summed E-state index contributed by atoms with van der Waals surface area (Å²) in [5.41, 5.74) is 1.99. The quantitative estimate of drug-likeness (QED) is 0.623. The van der Waals surface area contributed by atoms with Gasteiger partial charge >= 0.3 is 0 Å². The van der Waals surface area contributed by atoms with E-state index in [4.69, 9.17) is 0 Å². The molecule has 0 aliphatic heterocycles. The average molecular weight is 209 g/mol. The number of carbonyl (C=O) groups excluding carboxylic acids is 2. The molecule has 0 radical (unpaired) electrons. The Labute approximate surface area is 91.4 Å². The largest absolute Gasteiger partial charge is 0.286 e. The number of rotatable bonds is 0. The van der Waals surface area contributed by atoms with E-state index in [9.17, 15) is 9.59 Å². The molecule has 0 amide bonds.